The molecule has 2 rings (SSSR count). The van der Waals surface area contributed by atoms with Crippen LogP contribution in [0.2, 0.25) is 0 Å². The molecule has 1 aromatic heterocycles. The summed E-state index contributed by atoms with van der Waals surface area (Å²) in [6.07, 6.45) is 0.916. The van der Waals surface area contributed by atoms with Gasteiger partial charge in [0.1, 0.15) is 9.88 Å². The summed E-state index contributed by atoms with van der Waals surface area (Å²) in [6.45, 7) is 6.76. The number of aliphatic imine (C=N–C) groups is 1. The van der Waals surface area contributed by atoms with E-state index in [1.54, 1.807) is 14.0 Å². The van der Waals surface area contributed by atoms with Gasteiger partial charge >= 0.3 is 5.97 Å². The van der Waals surface area contributed by atoms with E-state index in [1.165, 1.54) is 16.9 Å². The molecule has 1 unspecified atom stereocenters. The molecular weight excluding hydrogens is 348 g/mol. The Balaban J connectivity index is 1.91. The van der Waals surface area contributed by atoms with Gasteiger partial charge in [0.15, 0.2) is 5.96 Å². The van der Waals surface area contributed by atoms with E-state index in [0.29, 0.717) is 23.1 Å². The summed E-state index contributed by atoms with van der Waals surface area (Å²) < 4.78 is 5.07. The number of ether oxygens (including phenoxy) is 1. The molecule has 1 heterocycles. The van der Waals surface area contributed by atoms with Gasteiger partial charge in [-0.25, -0.2) is 9.78 Å². The van der Waals surface area contributed by atoms with E-state index in [-0.39, 0.29) is 12.0 Å². The van der Waals surface area contributed by atoms with Gasteiger partial charge in [-0.15, -0.1) is 11.3 Å². The number of hydrogen-bond acceptors (Lipinski definition) is 5. The Labute approximate surface area is 158 Å². The van der Waals surface area contributed by atoms with Crippen LogP contribution in [0.15, 0.2) is 35.3 Å². The van der Waals surface area contributed by atoms with Crippen molar-refractivity contribution in [1.82, 2.24) is 15.6 Å². The molecule has 2 N–H and O–H groups in total. The first-order chi connectivity index (χ1) is 12.5. The van der Waals surface area contributed by atoms with Gasteiger partial charge in [-0.05, 0) is 32.8 Å². The Morgan fingerprint density at radius 1 is 1.35 bits per heavy atom. The maximum atomic E-state index is 11.9. The first-order valence-corrected chi connectivity index (χ1v) is 9.52. The third kappa shape index (κ3) is 5.56. The second kappa shape index (κ2) is 9.91. The number of nitrogens with one attached hydrogen (secondary N) is 2. The van der Waals surface area contributed by atoms with Gasteiger partial charge in [-0.2, -0.15) is 0 Å². The molecule has 1 aromatic carbocycles. The van der Waals surface area contributed by atoms with Crippen molar-refractivity contribution < 1.29 is 9.53 Å². The summed E-state index contributed by atoms with van der Waals surface area (Å²) >= 11 is 1.36. The molecule has 6 nitrogen and oxygen atoms in total. The minimum absolute atomic E-state index is 0.0650. The number of thiazole rings is 1. The number of rotatable bonds is 7. The normalized spacial score (nSPS) is 12.5. The average molecular weight is 375 g/mol. The number of carbonyl (C=O) groups excluding carboxylic acids is 1. The summed E-state index contributed by atoms with van der Waals surface area (Å²) in [5, 5.41) is 7.45. The molecule has 0 bridgehead atoms. The SMILES string of the molecule is CCOC(=O)c1sc(C(C)NC(=NC)NCCc2ccccc2)nc1C. The molecule has 0 aliphatic rings. The highest BCUT2D eigenvalue weighted by molar-refractivity contribution is 7.13. The van der Waals surface area contributed by atoms with E-state index in [0.717, 1.165) is 18.0 Å². The predicted molar refractivity (Wildman–Crippen MR) is 106 cm³/mol. The Hall–Kier alpha value is -2.41. The van der Waals surface area contributed by atoms with Crippen molar-refractivity contribution in [2.75, 3.05) is 20.2 Å². The lowest BCUT2D eigenvalue weighted by Crippen LogP contribution is -2.39. The van der Waals surface area contributed by atoms with Gasteiger partial charge in [-0.3, -0.25) is 4.99 Å². The fourth-order valence-electron chi connectivity index (χ4n) is 2.42. The zero-order valence-corrected chi connectivity index (χ0v) is 16.5. The number of aromatic nitrogens is 1. The smallest absolute Gasteiger partial charge is 0.350 e. The number of esters is 1. The van der Waals surface area contributed by atoms with Gasteiger partial charge in [0, 0.05) is 13.6 Å². The third-order valence-corrected chi connectivity index (χ3v) is 5.09. The Morgan fingerprint density at radius 2 is 2.08 bits per heavy atom. The summed E-state index contributed by atoms with van der Waals surface area (Å²) in [5.74, 6) is 0.394. The highest BCUT2D eigenvalue weighted by Crippen LogP contribution is 2.24. The minimum Gasteiger partial charge on any atom is -0.462 e. The average Bonchev–Trinajstić information content (AvgIpc) is 3.04. The van der Waals surface area contributed by atoms with E-state index >= 15 is 0 Å². The van der Waals surface area contributed by atoms with Crippen molar-refractivity contribution in [2.45, 2.75) is 33.2 Å². The Bertz CT molecular complexity index is 743. The monoisotopic (exact) mass is 374 g/mol. The number of benzene rings is 1. The number of hydrogen-bond donors (Lipinski definition) is 2. The van der Waals surface area contributed by atoms with Crippen molar-refractivity contribution in [3.63, 3.8) is 0 Å². The second-order valence-corrected chi connectivity index (χ2v) is 6.82. The molecule has 0 aliphatic heterocycles. The first kappa shape index (κ1) is 19.9. The van der Waals surface area contributed by atoms with Crippen LogP contribution < -0.4 is 10.6 Å². The first-order valence-electron chi connectivity index (χ1n) is 8.70. The maximum absolute atomic E-state index is 11.9. The van der Waals surface area contributed by atoms with E-state index in [9.17, 15) is 4.79 Å². The van der Waals surface area contributed by atoms with Crippen LogP contribution in [0.25, 0.3) is 0 Å². The molecule has 0 fully saturated rings. The number of nitrogens with zero attached hydrogens (tertiary/aromatic N) is 2. The topological polar surface area (TPSA) is 75.6 Å². The number of carbonyl (C=O) groups is 1. The standard InChI is InChI=1S/C19H26N4O2S/c1-5-25-18(24)16-13(2)22-17(26-16)14(3)23-19(20-4)21-12-11-15-9-7-6-8-10-15/h6-10,14H,5,11-12H2,1-4H3,(H2,20,21,23). The largest absolute Gasteiger partial charge is 0.462 e. The predicted octanol–water partition coefficient (Wildman–Crippen LogP) is 3.10. The molecular formula is C19H26N4O2S. The van der Waals surface area contributed by atoms with Crippen LogP contribution >= 0.6 is 11.3 Å². The lowest BCUT2D eigenvalue weighted by molar-refractivity contribution is 0.0531. The summed E-state index contributed by atoms with van der Waals surface area (Å²) in [6, 6.07) is 10.2. The van der Waals surface area contributed by atoms with Crippen molar-refractivity contribution >= 4 is 23.3 Å². The van der Waals surface area contributed by atoms with Crippen molar-refractivity contribution in [1.29, 1.82) is 0 Å². The van der Waals surface area contributed by atoms with Crippen LogP contribution in [-0.2, 0) is 11.2 Å². The molecule has 0 saturated heterocycles. The van der Waals surface area contributed by atoms with Crippen LogP contribution in [0.3, 0.4) is 0 Å². The van der Waals surface area contributed by atoms with Crippen LogP contribution in [0.4, 0.5) is 0 Å². The van der Waals surface area contributed by atoms with E-state index in [2.05, 4.69) is 32.7 Å². The molecule has 7 heteroatoms. The van der Waals surface area contributed by atoms with Gasteiger partial charge in [0.25, 0.3) is 0 Å². The maximum Gasteiger partial charge on any atom is 0.350 e. The molecule has 140 valence electrons. The summed E-state index contributed by atoms with van der Waals surface area (Å²) in [7, 11) is 1.74. The van der Waals surface area contributed by atoms with Crippen molar-refractivity contribution in [3.8, 4) is 0 Å². The van der Waals surface area contributed by atoms with E-state index in [4.69, 9.17) is 4.74 Å². The van der Waals surface area contributed by atoms with Crippen LogP contribution in [0.1, 0.15) is 45.8 Å². The summed E-state index contributed by atoms with van der Waals surface area (Å²) in [4.78, 5) is 21.3. The fourth-order valence-corrected chi connectivity index (χ4v) is 3.38. The molecule has 0 radical (unpaired) electrons. The number of guanidine groups is 1. The number of aryl methyl sites for hydroxylation is 1. The molecule has 0 spiro atoms. The van der Waals surface area contributed by atoms with Crippen LogP contribution in [0, 0.1) is 6.92 Å². The highest BCUT2D eigenvalue weighted by atomic mass is 32.1. The third-order valence-electron chi connectivity index (χ3n) is 3.77. The van der Waals surface area contributed by atoms with E-state index < -0.39 is 0 Å². The van der Waals surface area contributed by atoms with Gasteiger partial charge in [0.2, 0.25) is 0 Å². The molecule has 2 aromatic rings. The van der Waals surface area contributed by atoms with Crippen LogP contribution in [-0.4, -0.2) is 37.1 Å². The zero-order chi connectivity index (χ0) is 18.9. The van der Waals surface area contributed by atoms with Crippen molar-refractivity contribution in [2.24, 2.45) is 4.99 Å². The lowest BCUT2D eigenvalue weighted by atomic mass is 10.1. The van der Waals surface area contributed by atoms with Crippen molar-refractivity contribution in [3.05, 3.63) is 51.5 Å². The lowest BCUT2D eigenvalue weighted by Gasteiger charge is -2.16. The second-order valence-electron chi connectivity index (χ2n) is 5.79. The van der Waals surface area contributed by atoms with Crippen LogP contribution in [0.5, 0.6) is 0 Å². The zero-order valence-electron chi connectivity index (χ0n) is 15.7. The summed E-state index contributed by atoms with van der Waals surface area (Å²) in [5.41, 5.74) is 1.97. The van der Waals surface area contributed by atoms with Gasteiger partial charge in [-0.1, -0.05) is 30.3 Å². The molecule has 0 aliphatic carbocycles. The fraction of sp³-hybridized carbons (Fsp3) is 0.421. The molecule has 26 heavy (non-hydrogen) atoms. The Kier molecular flexibility index (Phi) is 7.59. The molecule has 0 saturated carbocycles. The quantitative estimate of drug-likeness (QED) is 0.442. The molecule has 0 amide bonds. The molecule has 1 atom stereocenters. The Morgan fingerprint density at radius 3 is 2.73 bits per heavy atom. The highest BCUT2D eigenvalue weighted by Gasteiger charge is 2.20. The van der Waals surface area contributed by atoms with Gasteiger partial charge < -0.3 is 15.4 Å². The van der Waals surface area contributed by atoms with E-state index in [1.807, 2.05) is 32.0 Å². The minimum atomic E-state index is -0.314. The van der Waals surface area contributed by atoms with Gasteiger partial charge in [0.05, 0.1) is 18.3 Å².